The fraction of sp³-hybridized carbons (Fsp3) is 0.350. The number of ether oxygens (including phenoxy) is 1. The highest BCUT2D eigenvalue weighted by atomic mass is 32.2. The summed E-state index contributed by atoms with van der Waals surface area (Å²) in [5.41, 5.74) is 2.90. The van der Waals surface area contributed by atoms with Gasteiger partial charge in [0.15, 0.2) is 0 Å². The maximum Gasteiger partial charge on any atom is 0.243 e. The summed E-state index contributed by atoms with van der Waals surface area (Å²) in [6.07, 6.45) is 2.96. The topological polar surface area (TPSA) is 75.7 Å². The lowest BCUT2D eigenvalue weighted by Crippen LogP contribution is -2.37. The van der Waals surface area contributed by atoms with Gasteiger partial charge in [-0.2, -0.15) is 4.31 Å². The number of amides is 1. The van der Waals surface area contributed by atoms with Gasteiger partial charge in [-0.15, -0.1) is 0 Å². The van der Waals surface area contributed by atoms with Crippen LogP contribution in [0.2, 0.25) is 0 Å². The zero-order chi connectivity index (χ0) is 19.4. The average Bonchev–Trinajstić information content (AvgIpc) is 3.14. The van der Waals surface area contributed by atoms with Gasteiger partial charge in [0.2, 0.25) is 15.9 Å². The van der Waals surface area contributed by atoms with Crippen molar-refractivity contribution in [1.29, 1.82) is 0 Å². The predicted molar refractivity (Wildman–Crippen MR) is 105 cm³/mol. The standard InChI is InChI=1S/C20H24N2O4S/c1-3-22(14-20(23)21-17-8-10-18(26-2)11-9-17)27(24,25)19-12-7-15-5-4-6-16(15)13-19/h7-13H,3-6,14H2,1-2H3,(H,21,23). The molecule has 1 aliphatic carbocycles. The van der Waals surface area contributed by atoms with E-state index in [9.17, 15) is 13.2 Å². The number of methoxy groups -OCH3 is 1. The van der Waals surface area contributed by atoms with Gasteiger partial charge in [-0.05, 0) is 66.8 Å². The SMILES string of the molecule is CCN(CC(=O)Nc1ccc(OC)cc1)S(=O)(=O)c1ccc2c(c1)CCC2. The summed E-state index contributed by atoms with van der Waals surface area (Å²) >= 11 is 0. The van der Waals surface area contributed by atoms with Gasteiger partial charge in [0.05, 0.1) is 18.6 Å². The molecule has 0 saturated heterocycles. The van der Waals surface area contributed by atoms with Gasteiger partial charge in [-0.1, -0.05) is 13.0 Å². The Morgan fingerprint density at radius 2 is 1.81 bits per heavy atom. The molecular formula is C20H24N2O4S. The van der Waals surface area contributed by atoms with Crippen molar-refractivity contribution >= 4 is 21.6 Å². The lowest BCUT2D eigenvalue weighted by molar-refractivity contribution is -0.116. The molecule has 1 aliphatic rings. The highest BCUT2D eigenvalue weighted by Gasteiger charge is 2.26. The number of rotatable bonds is 7. The third-order valence-corrected chi connectivity index (χ3v) is 6.67. The first-order valence-electron chi connectivity index (χ1n) is 9.00. The zero-order valence-electron chi connectivity index (χ0n) is 15.6. The van der Waals surface area contributed by atoms with E-state index in [1.54, 1.807) is 50.4 Å². The van der Waals surface area contributed by atoms with Crippen LogP contribution in [0.1, 0.15) is 24.5 Å². The van der Waals surface area contributed by atoms with Crippen molar-refractivity contribution < 1.29 is 17.9 Å². The van der Waals surface area contributed by atoms with Crippen molar-refractivity contribution in [2.45, 2.75) is 31.1 Å². The summed E-state index contributed by atoms with van der Waals surface area (Å²) in [7, 11) is -2.15. The third-order valence-electron chi connectivity index (χ3n) is 4.75. The first kappa shape index (κ1) is 19.4. The molecule has 6 nitrogen and oxygen atoms in total. The fourth-order valence-electron chi connectivity index (χ4n) is 3.26. The number of sulfonamides is 1. The second kappa shape index (κ2) is 8.10. The molecule has 144 valence electrons. The van der Waals surface area contributed by atoms with Gasteiger partial charge in [-0.3, -0.25) is 4.79 Å². The van der Waals surface area contributed by atoms with Crippen molar-refractivity contribution in [3.05, 3.63) is 53.6 Å². The van der Waals surface area contributed by atoms with Gasteiger partial charge in [0, 0.05) is 12.2 Å². The summed E-state index contributed by atoms with van der Waals surface area (Å²) in [6, 6.07) is 12.2. The van der Waals surface area contributed by atoms with E-state index in [4.69, 9.17) is 4.74 Å². The van der Waals surface area contributed by atoms with E-state index in [0.717, 1.165) is 24.8 Å². The molecule has 0 radical (unpaired) electrons. The zero-order valence-corrected chi connectivity index (χ0v) is 16.4. The van der Waals surface area contributed by atoms with Crippen LogP contribution in [-0.2, 0) is 27.7 Å². The molecule has 1 amide bonds. The van der Waals surface area contributed by atoms with Crippen LogP contribution < -0.4 is 10.1 Å². The Morgan fingerprint density at radius 3 is 2.48 bits per heavy atom. The molecule has 0 saturated carbocycles. The van der Waals surface area contributed by atoms with Gasteiger partial charge in [-0.25, -0.2) is 8.42 Å². The largest absolute Gasteiger partial charge is 0.497 e. The van der Waals surface area contributed by atoms with Gasteiger partial charge >= 0.3 is 0 Å². The van der Waals surface area contributed by atoms with Crippen molar-refractivity contribution in [3.8, 4) is 5.75 Å². The Kier molecular flexibility index (Phi) is 5.82. The van der Waals surface area contributed by atoms with Gasteiger partial charge < -0.3 is 10.1 Å². The summed E-state index contributed by atoms with van der Waals surface area (Å²) in [5, 5.41) is 2.72. The second-order valence-corrected chi connectivity index (χ2v) is 8.43. The molecule has 0 heterocycles. The minimum atomic E-state index is -3.72. The number of hydrogen-bond acceptors (Lipinski definition) is 4. The molecule has 2 aromatic rings. The summed E-state index contributed by atoms with van der Waals surface area (Å²) in [5.74, 6) is 0.300. The minimum Gasteiger partial charge on any atom is -0.497 e. The quantitative estimate of drug-likeness (QED) is 0.791. The van der Waals surface area contributed by atoms with Crippen LogP contribution >= 0.6 is 0 Å². The van der Waals surface area contributed by atoms with Gasteiger partial charge in [0.25, 0.3) is 0 Å². The molecule has 0 bridgehead atoms. The number of anilines is 1. The molecule has 2 aromatic carbocycles. The number of benzene rings is 2. The van der Waals surface area contributed by atoms with Crippen LogP contribution in [0.4, 0.5) is 5.69 Å². The smallest absolute Gasteiger partial charge is 0.243 e. The highest BCUT2D eigenvalue weighted by Crippen LogP contribution is 2.26. The number of fused-ring (bicyclic) bond motifs is 1. The summed E-state index contributed by atoms with van der Waals surface area (Å²) in [4.78, 5) is 12.6. The monoisotopic (exact) mass is 388 g/mol. The van der Waals surface area contributed by atoms with Crippen LogP contribution in [0.25, 0.3) is 0 Å². The van der Waals surface area contributed by atoms with Crippen LogP contribution in [0, 0.1) is 0 Å². The molecule has 0 atom stereocenters. The van der Waals surface area contributed by atoms with Crippen molar-refractivity contribution in [3.63, 3.8) is 0 Å². The number of hydrogen-bond donors (Lipinski definition) is 1. The number of carbonyl (C=O) groups is 1. The maximum absolute atomic E-state index is 13.0. The molecule has 0 spiro atoms. The molecule has 27 heavy (non-hydrogen) atoms. The second-order valence-electron chi connectivity index (χ2n) is 6.49. The van der Waals surface area contributed by atoms with Crippen LogP contribution in [0.3, 0.4) is 0 Å². The molecule has 0 fully saturated rings. The average molecular weight is 388 g/mol. The van der Waals surface area contributed by atoms with Gasteiger partial charge in [0.1, 0.15) is 5.75 Å². The van der Waals surface area contributed by atoms with E-state index in [1.165, 1.54) is 9.87 Å². The number of nitrogens with one attached hydrogen (secondary N) is 1. The van der Waals surface area contributed by atoms with E-state index in [1.807, 2.05) is 6.07 Å². The number of aryl methyl sites for hydroxylation is 2. The van der Waals surface area contributed by atoms with Crippen molar-refractivity contribution in [1.82, 2.24) is 4.31 Å². The van der Waals surface area contributed by atoms with Crippen LogP contribution in [0.15, 0.2) is 47.4 Å². The normalized spacial score (nSPS) is 13.4. The van der Waals surface area contributed by atoms with Crippen molar-refractivity contribution in [2.75, 3.05) is 25.5 Å². The van der Waals surface area contributed by atoms with E-state index < -0.39 is 10.0 Å². The summed E-state index contributed by atoms with van der Waals surface area (Å²) < 4.78 is 32.2. The Labute approximate surface area is 160 Å². The molecular weight excluding hydrogens is 364 g/mol. The lowest BCUT2D eigenvalue weighted by atomic mass is 10.1. The highest BCUT2D eigenvalue weighted by molar-refractivity contribution is 7.89. The van der Waals surface area contributed by atoms with Crippen molar-refractivity contribution in [2.24, 2.45) is 0 Å². The molecule has 0 aromatic heterocycles. The first-order valence-corrected chi connectivity index (χ1v) is 10.4. The fourth-order valence-corrected chi connectivity index (χ4v) is 4.72. The molecule has 1 N–H and O–H groups in total. The van der Waals surface area contributed by atoms with E-state index >= 15 is 0 Å². The van der Waals surface area contributed by atoms with E-state index in [0.29, 0.717) is 11.4 Å². The number of likely N-dealkylation sites (N-methyl/N-ethyl adjacent to an activating group) is 1. The Morgan fingerprint density at radius 1 is 1.11 bits per heavy atom. The number of carbonyl (C=O) groups excluding carboxylic acids is 1. The van der Waals surface area contributed by atoms with Crippen LogP contribution in [0.5, 0.6) is 5.75 Å². The Hall–Kier alpha value is -2.38. The lowest BCUT2D eigenvalue weighted by Gasteiger charge is -2.20. The van der Waals surface area contributed by atoms with E-state index in [-0.39, 0.29) is 23.9 Å². The molecule has 0 unspecified atom stereocenters. The Balaban J connectivity index is 1.72. The maximum atomic E-state index is 13.0. The molecule has 7 heteroatoms. The third kappa shape index (κ3) is 4.31. The predicted octanol–water partition coefficient (Wildman–Crippen LogP) is 2.83. The molecule has 0 aliphatic heterocycles. The van der Waals surface area contributed by atoms with Crippen LogP contribution in [-0.4, -0.2) is 38.8 Å². The number of nitrogens with zero attached hydrogens (tertiary/aromatic N) is 1. The molecule has 3 rings (SSSR count). The van der Waals surface area contributed by atoms with E-state index in [2.05, 4.69) is 5.32 Å². The first-order chi connectivity index (χ1) is 12.9. The Bertz CT molecular complexity index is 923. The summed E-state index contributed by atoms with van der Waals surface area (Å²) in [6.45, 7) is 1.71. The minimum absolute atomic E-state index is 0.218.